The van der Waals surface area contributed by atoms with Gasteiger partial charge in [-0.2, -0.15) is 0 Å². The van der Waals surface area contributed by atoms with Crippen LogP contribution in [0.4, 0.5) is 16.3 Å². The van der Waals surface area contributed by atoms with Crippen LogP contribution < -0.4 is 9.64 Å². The molecule has 12 heteroatoms. The normalized spacial score (nSPS) is 19.2. The van der Waals surface area contributed by atoms with Gasteiger partial charge in [-0.05, 0) is 86.8 Å². The van der Waals surface area contributed by atoms with Gasteiger partial charge < -0.3 is 34.5 Å². The van der Waals surface area contributed by atoms with E-state index in [-0.39, 0.29) is 42.4 Å². The average molecular weight is 524 g/mol. The number of nitrogens with zero attached hydrogens (tertiary/aromatic N) is 5. The number of piperazine rings is 1. The Labute approximate surface area is 215 Å². The number of rotatable bonds is 8. The minimum absolute atomic E-state index is 0.000816. The number of aliphatic hydroxyl groups is 1. The van der Waals surface area contributed by atoms with E-state index in [1.54, 1.807) is 4.90 Å². The number of carbonyl (C=O) groups is 1. The van der Waals surface area contributed by atoms with E-state index in [4.69, 9.17) is 21.1 Å². The fourth-order valence-corrected chi connectivity index (χ4v) is 4.20. The van der Waals surface area contributed by atoms with Crippen molar-refractivity contribution in [3.05, 3.63) is 45.9 Å². The number of aryl methyl sites for hydroxylation is 1. The minimum Gasteiger partial charge on any atom is -0.491 e. The van der Waals surface area contributed by atoms with Crippen LogP contribution in [0.25, 0.3) is 0 Å². The van der Waals surface area contributed by atoms with E-state index in [1.807, 2.05) is 52.0 Å². The zero-order valence-corrected chi connectivity index (χ0v) is 22.0. The molecule has 0 unspecified atom stereocenters. The van der Waals surface area contributed by atoms with E-state index in [9.17, 15) is 20.0 Å². The lowest BCUT2D eigenvalue weighted by atomic mass is 10.1. The Bertz CT molecular complexity index is 1050. The van der Waals surface area contributed by atoms with Crippen molar-refractivity contribution in [3.8, 4) is 5.75 Å². The Kier molecular flexibility index (Phi) is 8.67. The van der Waals surface area contributed by atoms with E-state index in [0.29, 0.717) is 25.3 Å². The SMILES string of the molecule is C[C@@H]1CN(c2ccc(OC[C@H](O)CCn3cc([N+](=O)[O-])nc3Cl)cc2)[C@@H](C)CN1C(=O)OC(C)(C)C. The molecule has 36 heavy (non-hydrogen) atoms. The summed E-state index contributed by atoms with van der Waals surface area (Å²) >= 11 is 5.90. The van der Waals surface area contributed by atoms with Crippen molar-refractivity contribution in [2.45, 2.75) is 71.4 Å². The Morgan fingerprint density at radius 1 is 1.25 bits per heavy atom. The lowest BCUT2D eigenvalue weighted by Gasteiger charge is -2.45. The maximum Gasteiger partial charge on any atom is 0.410 e. The largest absolute Gasteiger partial charge is 0.491 e. The predicted molar refractivity (Wildman–Crippen MR) is 136 cm³/mol. The molecule has 1 aromatic heterocycles. The molecule has 2 heterocycles. The molecule has 3 rings (SSSR count). The van der Waals surface area contributed by atoms with Gasteiger partial charge >= 0.3 is 17.2 Å². The van der Waals surface area contributed by atoms with E-state index in [1.165, 1.54) is 10.8 Å². The summed E-state index contributed by atoms with van der Waals surface area (Å²) in [6, 6.07) is 7.70. The monoisotopic (exact) mass is 523 g/mol. The number of aliphatic hydroxyl groups excluding tert-OH is 1. The van der Waals surface area contributed by atoms with Gasteiger partial charge in [-0.25, -0.2) is 4.79 Å². The third-order valence-corrected chi connectivity index (χ3v) is 6.13. The van der Waals surface area contributed by atoms with E-state index < -0.39 is 16.6 Å². The number of halogens is 1. The van der Waals surface area contributed by atoms with Gasteiger partial charge in [0.1, 0.15) is 24.2 Å². The molecule has 0 radical (unpaired) electrons. The fourth-order valence-electron chi connectivity index (χ4n) is 3.98. The molecule has 198 valence electrons. The summed E-state index contributed by atoms with van der Waals surface area (Å²) in [7, 11) is 0. The highest BCUT2D eigenvalue weighted by Crippen LogP contribution is 2.27. The zero-order valence-electron chi connectivity index (χ0n) is 21.3. The molecule has 0 aliphatic carbocycles. The molecule has 0 saturated carbocycles. The number of ether oxygens (including phenoxy) is 2. The maximum absolute atomic E-state index is 12.6. The average Bonchev–Trinajstić information content (AvgIpc) is 3.17. The Morgan fingerprint density at radius 2 is 1.92 bits per heavy atom. The van der Waals surface area contributed by atoms with Gasteiger partial charge in [0.05, 0.1) is 6.10 Å². The third kappa shape index (κ3) is 7.23. The van der Waals surface area contributed by atoms with Crippen molar-refractivity contribution >= 4 is 29.2 Å². The van der Waals surface area contributed by atoms with E-state index in [0.717, 1.165) is 5.69 Å². The van der Waals surface area contributed by atoms with Crippen molar-refractivity contribution in [3.63, 3.8) is 0 Å². The number of hydrogen-bond donors (Lipinski definition) is 1. The number of anilines is 1. The number of imidazole rings is 1. The first-order valence-corrected chi connectivity index (χ1v) is 12.3. The molecule has 1 N–H and O–H groups in total. The van der Waals surface area contributed by atoms with E-state index in [2.05, 4.69) is 16.8 Å². The molecule has 1 aromatic carbocycles. The Balaban J connectivity index is 1.50. The topological polar surface area (TPSA) is 123 Å². The molecule has 1 aliphatic rings. The molecule has 1 amide bonds. The van der Waals surface area contributed by atoms with Crippen LogP contribution in [0, 0.1) is 10.1 Å². The highest BCUT2D eigenvalue weighted by Gasteiger charge is 2.34. The van der Waals surface area contributed by atoms with Crippen LogP contribution in [0.1, 0.15) is 41.0 Å². The highest BCUT2D eigenvalue weighted by atomic mass is 35.5. The van der Waals surface area contributed by atoms with Gasteiger partial charge in [0.2, 0.25) is 0 Å². The van der Waals surface area contributed by atoms with Crippen molar-refractivity contribution in [2.24, 2.45) is 0 Å². The van der Waals surface area contributed by atoms with Gasteiger partial charge in [0.15, 0.2) is 0 Å². The van der Waals surface area contributed by atoms with Gasteiger partial charge in [0.25, 0.3) is 0 Å². The molecule has 1 saturated heterocycles. The van der Waals surface area contributed by atoms with Crippen molar-refractivity contribution in [2.75, 3.05) is 24.6 Å². The molecule has 0 bridgehead atoms. The lowest BCUT2D eigenvalue weighted by Crippen LogP contribution is -2.58. The van der Waals surface area contributed by atoms with Gasteiger partial charge in [0, 0.05) is 37.4 Å². The molecule has 3 atom stereocenters. The third-order valence-electron chi connectivity index (χ3n) is 5.83. The second-order valence-corrected chi connectivity index (χ2v) is 10.4. The Hall–Kier alpha value is -3.05. The molecule has 1 aliphatic heterocycles. The summed E-state index contributed by atoms with van der Waals surface area (Å²) in [5.41, 5.74) is 0.482. The summed E-state index contributed by atoms with van der Waals surface area (Å²) in [5.74, 6) is 0.281. The summed E-state index contributed by atoms with van der Waals surface area (Å²) in [4.78, 5) is 30.4. The number of benzene rings is 1. The first kappa shape index (κ1) is 27.5. The van der Waals surface area contributed by atoms with Crippen LogP contribution in [-0.2, 0) is 11.3 Å². The summed E-state index contributed by atoms with van der Waals surface area (Å²) in [6.07, 6.45) is 0.452. The van der Waals surface area contributed by atoms with Crippen LogP contribution >= 0.6 is 11.6 Å². The van der Waals surface area contributed by atoms with Crippen LogP contribution in [-0.4, -0.2) is 74.1 Å². The fraction of sp³-hybridized carbons (Fsp3) is 0.583. The van der Waals surface area contributed by atoms with Crippen molar-refractivity contribution in [1.82, 2.24) is 14.5 Å². The molecular weight excluding hydrogens is 490 g/mol. The molecule has 0 spiro atoms. The maximum atomic E-state index is 12.6. The lowest BCUT2D eigenvalue weighted by molar-refractivity contribution is -0.389. The summed E-state index contributed by atoms with van der Waals surface area (Å²) in [5, 5.41) is 21.0. The van der Waals surface area contributed by atoms with Crippen LogP contribution in [0.3, 0.4) is 0 Å². The first-order chi connectivity index (χ1) is 16.8. The summed E-state index contributed by atoms with van der Waals surface area (Å²) in [6.45, 7) is 11.2. The smallest absolute Gasteiger partial charge is 0.410 e. The number of nitro groups is 1. The van der Waals surface area contributed by atoms with Gasteiger partial charge in [-0.15, -0.1) is 0 Å². The highest BCUT2D eigenvalue weighted by molar-refractivity contribution is 6.28. The predicted octanol–water partition coefficient (Wildman–Crippen LogP) is 4.11. The van der Waals surface area contributed by atoms with Gasteiger partial charge in [-0.1, -0.05) is 0 Å². The summed E-state index contributed by atoms with van der Waals surface area (Å²) < 4.78 is 12.7. The first-order valence-electron chi connectivity index (χ1n) is 11.9. The number of carbonyl (C=O) groups excluding carboxylic acids is 1. The number of hydrogen-bond acceptors (Lipinski definition) is 8. The molecular formula is C24H34ClN5O6. The molecule has 1 fully saturated rings. The number of aromatic nitrogens is 2. The van der Waals surface area contributed by atoms with Crippen molar-refractivity contribution in [1.29, 1.82) is 0 Å². The molecule has 11 nitrogen and oxygen atoms in total. The van der Waals surface area contributed by atoms with E-state index >= 15 is 0 Å². The molecule has 2 aromatic rings. The van der Waals surface area contributed by atoms with Crippen molar-refractivity contribution < 1.29 is 24.3 Å². The second-order valence-electron chi connectivity index (χ2n) is 10.0. The quantitative estimate of drug-likeness (QED) is 0.405. The zero-order chi connectivity index (χ0) is 26.6. The number of amides is 1. The van der Waals surface area contributed by atoms with Gasteiger partial charge in [-0.3, -0.25) is 4.57 Å². The standard InChI is InChI=1S/C24H34ClN5O6/c1-16-13-29(23(32)36-24(3,4)5)17(2)12-28(16)18-6-8-20(9-7-18)35-15-19(31)10-11-27-14-21(30(33)34)26-22(27)25/h6-9,14,16-17,19,31H,10-13,15H2,1-5H3/t16-,17+,19+/m0/s1. The minimum atomic E-state index is -0.788. The van der Waals surface area contributed by atoms with Crippen LogP contribution in [0.15, 0.2) is 30.5 Å². The second kappa shape index (κ2) is 11.3. The van der Waals surface area contributed by atoms with Crippen LogP contribution in [0.5, 0.6) is 5.75 Å². The Morgan fingerprint density at radius 3 is 2.50 bits per heavy atom. The van der Waals surface area contributed by atoms with Crippen LogP contribution in [0.2, 0.25) is 5.28 Å².